The van der Waals surface area contributed by atoms with Gasteiger partial charge >= 0.3 is 0 Å². The van der Waals surface area contributed by atoms with E-state index in [9.17, 15) is 9.59 Å². The predicted octanol–water partition coefficient (Wildman–Crippen LogP) is 4.73. The van der Waals surface area contributed by atoms with Gasteiger partial charge in [0.25, 0.3) is 11.5 Å². The Kier molecular flexibility index (Phi) is 5.65. The summed E-state index contributed by atoms with van der Waals surface area (Å²) < 4.78 is 5.26. The highest BCUT2D eigenvalue weighted by Gasteiger charge is 2.22. The molecule has 4 aromatic rings. The molecule has 0 atom stereocenters. The molecule has 6 nitrogen and oxygen atoms in total. The molecule has 0 aliphatic heterocycles. The minimum Gasteiger partial charge on any atom is -0.360 e. The van der Waals surface area contributed by atoms with Crippen LogP contribution in [0.2, 0.25) is 5.02 Å². The number of benzene rings is 2. The van der Waals surface area contributed by atoms with Gasteiger partial charge in [-0.15, -0.1) is 0 Å². The minimum atomic E-state index is -0.321. The average Bonchev–Trinajstić information content (AvgIpc) is 3.13. The summed E-state index contributed by atoms with van der Waals surface area (Å²) in [5.41, 5.74) is 4.80. The minimum absolute atomic E-state index is 0.145. The maximum atomic E-state index is 12.9. The zero-order valence-electron chi connectivity index (χ0n) is 17.5. The first-order valence-corrected chi connectivity index (χ1v) is 10.4. The summed E-state index contributed by atoms with van der Waals surface area (Å²) in [6.07, 6.45) is 0.399. The second-order valence-corrected chi connectivity index (χ2v) is 7.97. The van der Waals surface area contributed by atoms with Crippen LogP contribution in [0.25, 0.3) is 22.2 Å². The number of amides is 1. The van der Waals surface area contributed by atoms with Gasteiger partial charge in [0.2, 0.25) is 0 Å². The van der Waals surface area contributed by atoms with E-state index in [-0.39, 0.29) is 11.5 Å². The van der Waals surface area contributed by atoms with Gasteiger partial charge in [0.05, 0.1) is 10.5 Å². The molecule has 0 fully saturated rings. The van der Waals surface area contributed by atoms with Crippen LogP contribution in [0, 0.1) is 20.8 Å². The summed E-state index contributed by atoms with van der Waals surface area (Å²) in [4.78, 5) is 28.4. The third kappa shape index (κ3) is 3.99. The Labute approximate surface area is 184 Å². The third-order valence-electron chi connectivity index (χ3n) is 5.42. The molecule has 2 aromatic carbocycles. The number of carbonyl (C=O) groups is 1. The summed E-state index contributed by atoms with van der Waals surface area (Å²) in [6.45, 7) is 5.96. The van der Waals surface area contributed by atoms with Gasteiger partial charge in [0, 0.05) is 23.1 Å². The number of aromatic nitrogens is 2. The SMILES string of the molecule is Cc1onc(-c2ccccc2Cl)c1C(=O)NCCc1cc2c(C)ccc(C)c2[nH]c1=O. The third-order valence-corrected chi connectivity index (χ3v) is 5.75. The molecule has 158 valence electrons. The predicted molar refractivity (Wildman–Crippen MR) is 122 cm³/mol. The van der Waals surface area contributed by atoms with E-state index in [1.54, 1.807) is 19.1 Å². The molecule has 0 saturated heterocycles. The largest absolute Gasteiger partial charge is 0.360 e. The Balaban J connectivity index is 1.54. The molecule has 4 rings (SSSR count). The van der Waals surface area contributed by atoms with E-state index >= 15 is 0 Å². The van der Waals surface area contributed by atoms with E-state index in [0.717, 1.165) is 22.0 Å². The van der Waals surface area contributed by atoms with Crippen molar-refractivity contribution in [3.63, 3.8) is 0 Å². The van der Waals surface area contributed by atoms with E-state index in [1.807, 2.05) is 44.2 Å². The zero-order valence-corrected chi connectivity index (χ0v) is 18.3. The summed E-state index contributed by atoms with van der Waals surface area (Å²) in [7, 11) is 0. The molecule has 2 N–H and O–H groups in total. The monoisotopic (exact) mass is 435 g/mol. The van der Waals surface area contributed by atoms with Crippen LogP contribution < -0.4 is 10.9 Å². The van der Waals surface area contributed by atoms with Gasteiger partial charge in [-0.3, -0.25) is 9.59 Å². The Hall–Kier alpha value is -3.38. The van der Waals surface area contributed by atoms with E-state index in [0.29, 0.717) is 46.1 Å². The maximum absolute atomic E-state index is 12.9. The molecule has 2 aromatic heterocycles. The molecule has 0 bridgehead atoms. The molecule has 0 spiro atoms. The van der Waals surface area contributed by atoms with Gasteiger partial charge in [-0.2, -0.15) is 0 Å². The standard InChI is InChI=1S/C24H22ClN3O3/c1-13-8-9-14(2)21-18(13)12-16(23(29)27-21)10-11-26-24(30)20-15(3)31-28-22(20)17-6-4-5-7-19(17)25/h4-9,12H,10-11H2,1-3H3,(H,26,30)(H,27,29). The molecule has 0 unspecified atom stereocenters. The first-order chi connectivity index (χ1) is 14.9. The van der Waals surface area contributed by atoms with Crippen molar-refractivity contribution >= 4 is 28.4 Å². The molecule has 0 aliphatic carbocycles. The van der Waals surface area contributed by atoms with Crippen molar-refractivity contribution in [2.45, 2.75) is 27.2 Å². The number of aromatic amines is 1. The number of rotatable bonds is 5. The fourth-order valence-electron chi connectivity index (χ4n) is 3.68. The molecular weight excluding hydrogens is 414 g/mol. The first kappa shape index (κ1) is 20.9. The fourth-order valence-corrected chi connectivity index (χ4v) is 3.90. The van der Waals surface area contributed by atoms with Gasteiger partial charge < -0.3 is 14.8 Å². The first-order valence-electron chi connectivity index (χ1n) is 9.98. The summed E-state index contributed by atoms with van der Waals surface area (Å²) in [5.74, 6) is 0.0833. The summed E-state index contributed by atoms with van der Waals surface area (Å²) >= 11 is 6.27. The quantitative estimate of drug-likeness (QED) is 0.474. The van der Waals surface area contributed by atoms with Gasteiger partial charge in [-0.05, 0) is 50.5 Å². The number of fused-ring (bicyclic) bond motifs is 1. The Morgan fingerprint density at radius 3 is 2.65 bits per heavy atom. The van der Waals surface area contributed by atoms with Crippen LogP contribution in [0.4, 0.5) is 0 Å². The van der Waals surface area contributed by atoms with E-state index < -0.39 is 0 Å². The van der Waals surface area contributed by atoms with Crippen LogP contribution >= 0.6 is 11.6 Å². The number of nitrogens with one attached hydrogen (secondary N) is 2. The number of nitrogens with zero attached hydrogens (tertiary/aromatic N) is 1. The van der Waals surface area contributed by atoms with Gasteiger partial charge in [0.15, 0.2) is 0 Å². The van der Waals surface area contributed by atoms with Crippen molar-refractivity contribution in [2.24, 2.45) is 0 Å². The van der Waals surface area contributed by atoms with Crippen molar-refractivity contribution in [3.8, 4) is 11.3 Å². The number of hydrogen-bond acceptors (Lipinski definition) is 4. The lowest BCUT2D eigenvalue weighted by Crippen LogP contribution is -2.28. The molecule has 31 heavy (non-hydrogen) atoms. The molecule has 1 amide bonds. The molecule has 0 radical (unpaired) electrons. The topological polar surface area (TPSA) is 88.0 Å². The zero-order chi connectivity index (χ0) is 22.1. The van der Waals surface area contributed by atoms with Gasteiger partial charge in [-0.1, -0.05) is 47.1 Å². The van der Waals surface area contributed by atoms with Crippen molar-refractivity contribution in [1.82, 2.24) is 15.5 Å². The normalized spacial score (nSPS) is 11.1. The van der Waals surface area contributed by atoms with Gasteiger partial charge in [0.1, 0.15) is 17.0 Å². The van der Waals surface area contributed by atoms with Crippen molar-refractivity contribution in [3.05, 3.63) is 85.9 Å². The van der Waals surface area contributed by atoms with E-state index in [2.05, 4.69) is 15.5 Å². The number of pyridine rings is 1. The van der Waals surface area contributed by atoms with Crippen LogP contribution in [-0.2, 0) is 6.42 Å². The van der Waals surface area contributed by atoms with Crippen LogP contribution in [0.5, 0.6) is 0 Å². The average molecular weight is 436 g/mol. The van der Waals surface area contributed by atoms with Crippen molar-refractivity contribution in [1.29, 1.82) is 0 Å². The lowest BCUT2D eigenvalue weighted by molar-refractivity contribution is 0.0953. The molecule has 0 saturated carbocycles. The lowest BCUT2D eigenvalue weighted by atomic mass is 10.0. The molecular formula is C24H22ClN3O3. The van der Waals surface area contributed by atoms with Gasteiger partial charge in [-0.25, -0.2) is 0 Å². The number of H-pyrrole nitrogens is 1. The Morgan fingerprint density at radius 2 is 1.87 bits per heavy atom. The summed E-state index contributed by atoms with van der Waals surface area (Å²) in [6, 6.07) is 13.1. The summed E-state index contributed by atoms with van der Waals surface area (Å²) in [5, 5.41) is 8.39. The highest BCUT2D eigenvalue weighted by molar-refractivity contribution is 6.33. The molecule has 0 aliphatic rings. The number of halogens is 1. The Bertz CT molecular complexity index is 1350. The smallest absolute Gasteiger partial charge is 0.257 e. The molecule has 7 heteroatoms. The second kappa shape index (κ2) is 8.40. The van der Waals surface area contributed by atoms with Crippen LogP contribution in [0.1, 0.15) is 32.8 Å². The van der Waals surface area contributed by atoms with E-state index in [4.69, 9.17) is 16.1 Å². The van der Waals surface area contributed by atoms with Crippen molar-refractivity contribution < 1.29 is 9.32 Å². The van der Waals surface area contributed by atoms with Crippen LogP contribution in [-0.4, -0.2) is 22.6 Å². The van der Waals surface area contributed by atoms with Crippen LogP contribution in [0.15, 0.2) is 51.8 Å². The fraction of sp³-hybridized carbons (Fsp3) is 0.208. The maximum Gasteiger partial charge on any atom is 0.257 e. The number of hydrogen-bond donors (Lipinski definition) is 2. The highest BCUT2D eigenvalue weighted by atomic mass is 35.5. The van der Waals surface area contributed by atoms with Crippen molar-refractivity contribution in [2.75, 3.05) is 6.54 Å². The second-order valence-electron chi connectivity index (χ2n) is 7.56. The Morgan fingerprint density at radius 1 is 1.13 bits per heavy atom. The number of carbonyl (C=O) groups excluding carboxylic acids is 1. The van der Waals surface area contributed by atoms with E-state index in [1.165, 1.54) is 0 Å². The number of aryl methyl sites for hydroxylation is 3. The highest BCUT2D eigenvalue weighted by Crippen LogP contribution is 2.30. The molecule has 2 heterocycles. The lowest BCUT2D eigenvalue weighted by Gasteiger charge is -2.09. The van der Waals surface area contributed by atoms with Crippen LogP contribution in [0.3, 0.4) is 0 Å².